The summed E-state index contributed by atoms with van der Waals surface area (Å²) < 4.78 is 0. The molecular formula is C15H24N2OS. The fourth-order valence-electron chi connectivity index (χ4n) is 2.66. The molecule has 19 heavy (non-hydrogen) atoms. The first-order valence-electron chi connectivity index (χ1n) is 7.08. The van der Waals surface area contributed by atoms with Crippen LogP contribution in [0.4, 0.5) is 0 Å². The minimum atomic E-state index is 0.105. The van der Waals surface area contributed by atoms with Crippen LogP contribution < -0.4 is 5.73 Å². The van der Waals surface area contributed by atoms with Crippen molar-refractivity contribution in [2.75, 3.05) is 19.6 Å². The van der Waals surface area contributed by atoms with Crippen LogP contribution in [0.15, 0.2) is 6.07 Å². The number of amides is 1. The SMILES string of the molecule is CCCc1cc(C(=O)N2CCC(C)(CN)C2)sc1C. The molecule has 0 bridgehead atoms. The monoisotopic (exact) mass is 280 g/mol. The van der Waals surface area contributed by atoms with Crippen molar-refractivity contribution in [3.05, 3.63) is 21.4 Å². The molecule has 1 aliphatic heterocycles. The van der Waals surface area contributed by atoms with Crippen molar-refractivity contribution < 1.29 is 4.79 Å². The lowest BCUT2D eigenvalue weighted by Crippen LogP contribution is -2.34. The Labute approximate surface area is 119 Å². The fraction of sp³-hybridized carbons (Fsp3) is 0.667. The van der Waals surface area contributed by atoms with Gasteiger partial charge in [-0.1, -0.05) is 20.3 Å². The maximum absolute atomic E-state index is 12.5. The molecule has 4 heteroatoms. The minimum absolute atomic E-state index is 0.105. The summed E-state index contributed by atoms with van der Waals surface area (Å²) in [5.41, 5.74) is 7.24. The lowest BCUT2D eigenvalue weighted by molar-refractivity contribution is 0.0781. The molecule has 106 valence electrons. The third kappa shape index (κ3) is 3.00. The van der Waals surface area contributed by atoms with E-state index in [0.29, 0.717) is 6.54 Å². The molecule has 2 heterocycles. The summed E-state index contributed by atoms with van der Waals surface area (Å²) in [6.45, 7) is 8.74. The van der Waals surface area contributed by atoms with Crippen LogP contribution in [-0.4, -0.2) is 30.4 Å². The predicted octanol–water partition coefficient (Wildman–Crippen LogP) is 2.82. The van der Waals surface area contributed by atoms with Gasteiger partial charge in [-0.05, 0) is 43.4 Å². The maximum atomic E-state index is 12.5. The van der Waals surface area contributed by atoms with Gasteiger partial charge in [-0.3, -0.25) is 4.79 Å². The quantitative estimate of drug-likeness (QED) is 0.922. The van der Waals surface area contributed by atoms with Crippen LogP contribution in [0.1, 0.15) is 46.8 Å². The van der Waals surface area contributed by atoms with E-state index in [9.17, 15) is 4.79 Å². The molecule has 0 aliphatic carbocycles. The Morgan fingerprint density at radius 1 is 1.58 bits per heavy atom. The third-order valence-corrected chi connectivity index (χ3v) is 5.17. The van der Waals surface area contributed by atoms with Crippen molar-refractivity contribution in [1.29, 1.82) is 0 Å². The van der Waals surface area contributed by atoms with Gasteiger partial charge in [-0.2, -0.15) is 0 Å². The smallest absolute Gasteiger partial charge is 0.263 e. The Kier molecular flexibility index (Phi) is 4.31. The van der Waals surface area contributed by atoms with E-state index in [1.165, 1.54) is 10.4 Å². The van der Waals surface area contributed by atoms with Crippen molar-refractivity contribution in [3.63, 3.8) is 0 Å². The number of thiophene rings is 1. The number of aryl methyl sites for hydroxylation is 2. The van der Waals surface area contributed by atoms with E-state index in [4.69, 9.17) is 5.73 Å². The van der Waals surface area contributed by atoms with Gasteiger partial charge in [-0.25, -0.2) is 0 Å². The number of hydrogen-bond acceptors (Lipinski definition) is 3. The topological polar surface area (TPSA) is 46.3 Å². The van der Waals surface area contributed by atoms with Crippen LogP contribution in [0.3, 0.4) is 0 Å². The van der Waals surface area contributed by atoms with Crippen molar-refractivity contribution in [3.8, 4) is 0 Å². The van der Waals surface area contributed by atoms with E-state index in [1.54, 1.807) is 11.3 Å². The van der Waals surface area contributed by atoms with Crippen LogP contribution in [0.2, 0.25) is 0 Å². The third-order valence-electron chi connectivity index (χ3n) is 4.09. The zero-order valence-electron chi connectivity index (χ0n) is 12.2. The highest BCUT2D eigenvalue weighted by Crippen LogP contribution is 2.31. The average Bonchev–Trinajstić information content (AvgIpc) is 2.95. The number of likely N-dealkylation sites (tertiary alicyclic amines) is 1. The van der Waals surface area contributed by atoms with Gasteiger partial charge in [0.15, 0.2) is 0 Å². The molecule has 0 spiro atoms. The van der Waals surface area contributed by atoms with E-state index >= 15 is 0 Å². The number of rotatable bonds is 4. The molecular weight excluding hydrogens is 256 g/mol. The molecule has 1 saturated heterocycles. The molecule has 0 saturated carbocycles. The number of nitrogens with two attached hydrogens (primary N) is 1. The zero-order chi connectivity index (χ0) is 14.0. The number of carbonyl (C=O) groups excluding carboxylic acids is 1. The first-order valence-corrected chi connectivity index (χ1v) is 7.89. The van der Waals surface area contributed by atoms with E-state index in [2.05, 4.69) is 26.8 Å². The average molecular weight is 280 g/mol. The molecule has 1 aromatic rings. The minimum Gasteiger partial charge on any atom is -0.337 e. The molecule has 1 amide bonds. The van der Waals surface area contributed by atoms with Crippen LogP contribution in [0.5, 0.6) is 0 Å². The van der Waals surface area contributed by atoms with Crippen molar-refractivity contribution in [1.82, 2.24) is 4.90 Å². The Balaban J connectivity index is 2.10. The molecule has 1 unspecified atom stereocenters. The summed E-state index contributed by atoms with van der Waals surface area (Å²) in [4.78, 5) is 16.7. The van der Waals surface area contributed by atoms with Gasteiger partial charge in [0.1, 0.15) is 0 Å². The van der Waals surface area contributed by atoms with Gasteiger partial charge in [0.05, 0.1) is 4.88 Å². The van der Waals surface area contributed by atoms with Gasteiger partial charge in [-0.15, -0.1) is 11.3 Å². The zero-order valence-corrected chi connectivity index (χ0v) is 13.0. The first kappa shape index (κ1) is 14.5. The van der Waals surface area contributed by atoms with Crippen molar-refractivity contribution in [2.45, 2.75) is 40.0 Å². The highest BCUT2D eigenvalue weighted by atomic mass is 32.1. The summed E-state index contributed by atoms with van der Waals surface area (Å²) >= 11 is 1.63. The fourth-order valence-corrected chi connectivity index (χ4v) is 3.70. The standard InChI is InChI=1S/C15H24N2OS/c1-4-5-12-8-13(19-11(12)2)14(18)17-7-6-15(3,9-16)10-17/h8H,4-7,9-10,16H2,1-3H3. The highest BCUT2D eigenvalue weighted by Gasteiger charge is 2.35. The summed E-state index contributed by atoms with van der Waals surface area (Å²) in [7, 11) is 0. The van der Waals surface area contributed by atoms with E-state index in [1.807, 2.05) is 4.90 Å². The Bertz CT molecular complexity index is 469. The Morgan fingerprint density at radius 3 is 2.89 bits per heavy atom. The van der Waals surface area contributed by atoms with Gasteiger partial charge in [0.25, 0.3) is 5.91 Å². The van der Waals surface area contributed by atoms with E-state index in [-0.39, 0.29) is 11.3 Å². The summed E-state index contributed by atoms with van der Waals surface area (Å²) in [5, 5.41) is 0. The molecule has 1 fully saturated rings. The number of hydrogen-bond donors (Lipinski definition) is 1. The number of nitrogens with zero attached hydrogens (tertiary/aromatic N) is 1. The predicted molar refractivity (Wildman–Crippen MR) is 80.7 cm³/mol. The normalized spacial score (nSPS) is 23.1. The Morgan fingerprint density at radius 2 is 2.32 bits per heavy atom. The van der Waals surface area contributed by atoms with Gasteiger partial charge in [0.2, 0.25) is 0 Å². The molecule has 1 aliphatic rings. The molecule has 2 rings (SSSR count). The molecule has 2 N–H and O–H groups in total. The van der Waals surface area contributed by atoms with Crippen LogP contribution in [-0.2, 0) is 6.42 Å². The highest BCUT2D eigenvalue weighted by molar-refractivity contribution is 7.14. The van der Waals surface area contributed by atoms with Gasteiger partial charge >= 0.3 is 0 Å². The molecule has 0 aromatic carbocycles. The van der Waals surface area contributed by atoms with Gasteiger partial charge in [0, 0.05) is 18.0 Å². The summed E-state index contributed by atoms with van der Waals surface area (Å²) in [6, 6.07) is 2.09. The van der Waals surface area contributed by atoms with Crippen molar-refractivity contribution in [2.24, 2.45) is 11.1 Å². The molecule has 0 radical (unpaired) electrons. The van der Waals surface area contributed by atoms with E-state index < -0.39 is 0 Å². The van der Waals surface area contributed by atoms with Crippen LogP contribution in [0.25, 0.3) is 0 Å². The largest absolute Gasteiger partial charge is 0.337 e. The first-order chi connectivity index (χ1) is 8.99. The second-order valence-electron chi connectivity index (χ2n) is 5.93. The molecule has 1 atom stereocenters. The molecule has 3 nitrogen and oxygen atoms in total. The van der Waals surface area contributed by atoms with Crippen LogP contribution in [0, 0.1) is 12.3 Å². The lowest BCUT2D eigenvalue weighted by atomic mass is 9.90. The summed E-state index contributed by atoms with van der Waals surface area (Å²) in [5.74, 6) is 0.188. The van der Waals surface area contributed by atoms with E-state index in [0.717, 1.165) is 37.2 Å². The summed E-state index contributed by atoms with van der Waals surface area (Å²) in [6.07, 6.45) is 3.21. The lowest BCUT2D eigenvalue weighted by Gasteiger charge is -2.22. The van der Waals surface area contributed by atoms with Gasteiger partial charge < -0.3 is 10.6 Å². The van der Waals surface area contributed by atoms with Crippen LogP contribution >= 0.6 is 11.3 Å². The Hall–Kier alpha value is -0.870. The number of carbonyl (C=O) groups is 1. The second-order valence-corrected chi connectivity index (χ2v) is 7.19. The maximum Gasteiger partial charge on any atom is 0.263 e. The molecule has 1 aromatic heterocycles. The van der Waals surface area contributed by atoms with Crippen molar-refractivity contribution >= 4 is 17.2 Å². The second kappa shape index (κ2) is 5.63.